The van der Waals surface area contributed by atoms with Crippen LogP contribution in [0.5, 0.6) is 0 Å². The molecule has 0 aliphatic carbocycles. The fourth-order valence-electron chi connectivity index (χ4n) is 1.14. The topological polar surface area (TPSA) is 29.3 Å². The van der Waals surface area contributed by atoms with Crippen LogP contribution >= 0.6 is 11.6 Å². The summed E-state index contributed by atoms with van der Waals surface area (Å²) in [5.74, 6) is 0.958. The molecule has 1 aromatic heterocycles. The van der Waals surface area contributed by atoms with Gasteiger partial charge in [0, 0.05) is 13.1 Å². The molecule has 0 saturated carbocycles. The lowest BCUT2D eigenvalue weighted by Crippen LogP contribution is -2.33. The molecule has 0 bridgehead atoms. The molecule has 0 N–H and O–H groups in total. The number of nitrogens with zero attached hydrogens (tertiary/aromatic N) is 2. The molecule has 0 fully saturated rings. The summed E-state index contributed by atoms with van der Waals surface area (Å²) < 4.78 is 5.32. The molecule has 1 unspecified atom stereocenters. The third-order valence-electron chi connectivity index (χ3n) is 2.55. The predicted molar refractivity (Wildman–Crippen MR) is 58.8 cm³/mol. The van der Waals surface area contributed by atoms with Crippen molar-refractivity contribution in [2.24, 2.45) is 5.92 Å². The zero-order valence-electron chi connectivity index (χ0n) is 9.12. The van der Waals surface area contributed by atoms with E-state index in [4.69, 9.17) is 16.0 Å². The van der Waals surface area contributed by atoms with Crippen LogP contribution in [-0.4, -0.2) is 18.1 Å². The summed E-state index contributed by atoms with van der Waals surface area (Å²) in [7, 11) is 1.98. The van der Waals surface area contributed by atoms with Gasteiger partial charge in [0.05, 0.1) is 11.6 Å². The smallest absolute Gasteiger partial charge is 0.297 e. The van der Waals surface area contributed by atoms with Crippen LogP contribution in [0.2, 0.25) is 0 Å². The maximum Gasteiger partial charge on any atom is 0.297 e. The fraction of sp³-hybridized carbons (Fsp3) is 0.700. The Morgan fingerprint density at radius 2 is 2.14 bits per heavy atom. The minimum Gasteiger partial charge on any atom is -0.432 e. The van der Waals surface area contributed by atoms with E-state index in [0.717, 1.165) is 5.69 Å². The van der Waals surface area contributed by atoms with Crippen molar-refractivity contribution in [1.29, 1.82) is 0 Å². The molecule has 4 heteroatoms. The van der Waals surface area contributed by atoms with Gasteiger partial charge in [0.25, 0.3) is 6.01 Å². The molecular weight excluding hydrogens is 200 g/mol. The first-order chi connectivity index (χ1) is 6.56. The number of rotatable bonds is 4. The molecule has 0 spiro atoms. The number of hydrogen-bond acceptors (Lipinski definition) is 3. The van der Waals surface area contributed by atoms with Gasteiger partial charge in [-0.1, -0.05) is 13.8 Å². The van der Waals surface area contributed by atoms with Gasteiger partial charge >= 0.3 is 0 Å². The van der Waals surface area contributed by atoms with Crippen molar-refractivity contribution >= 4 is 17.6 Å². The maximum absolute atomic E-state index is 5.65. The van der Waals surface area contributed by atoms with Crippen LogP contribution in [0.25, 0.3) is 0 Å². The first kappa shape index (κ1) is 11.4. The minimum atomic E-state index is 0.396. The molecule has 1 heterocycles. The van der Waals surface area contributed by atoms with Crippen molar-refractivity contribution in [1.82, 2.24) is 4.98 Å². The van der Waals surface area contributed by atoms with E-state index < -0.39 is 0 Å². The lowest BCUT2D eigenvalue weighted by molar-refractivity contribution is 0.457. The van der Waals surface area contributed by atoms with Gasteiger partial charge in [-0.05, 0) is 12.8 Å². The molecule has 0 aromatic carbocycles. The Morgan fingerprint density at radius 1 is 1.50 bits per heavy atom. The van der Waals surface area contributed by atoms with E-state index in [1.54, 1.807) is 6.26 Å². The summed E-state index contributed by atoms with van der Waals surface area (Å²) in [5.41, 5.74) is 0.782. The van der Waals surface area contributed by atoms with Crippen molar-refractivity contribution in [2.75, 3.05) is 11.9 Å². The molecule has 80 valence electrons. The van der Waals surface area contributed by atoms with Gasteiger partial charge in [0.2, 0.25) is 0 Å². The number of oxazole rings is 1. The second-order valence-corrected chi connectivity index (χ2v) is 4.12. The second kappa shape index (κ2) is 4.69. The Kier molecular flexibility index (Phi) is 3.81. The van der Waals surface area contributed by atoms with Crippen LogP contribution in [0.4, 0.5) is 6.01 Å². The molecule has 3 nitrogen and oxygen atoms in total. The van der Waals surface area contributed by atoms with E-state index in [0.29, 0.717) is 23.9 Å². The summed E-state index contributed by atoms with van der Waals surface area (Å²) in [6.07, 6.45) is 1.60. The summed E-state index contributed by atoms with van der Waals surface area (Å²) in [5, 5.41) is 0. The number of aromatic nitrogens is 1. The van der Waals surface area contributed by atoms with Crippen LogP contribution in [0, 0.1) is 5.92 Å². The van der Waals surface area contributed by atoms with E-state index in [9.17, 15) is 0 Å². The molecule has 0 aliphatic rings. The first-order valence-electron chi connectivity index (χ1n) is 4.79. The van der Waals surface area contributed by atoms with Crippen LogP contribution in [0.1, 0.15) is 26.5 Å². The van der Waals surface area contributed by atoms with E-state index in [1.165, 1.54) is 0 Å². The Bertz CT molecular complexity index is 285. The average molecular weight is 217 g/mol. The van der Waals surface area contributed by atoms with Crippen molar-refractivity contribution in [3.63, 3.8) is 0 Å². The molecule has 1 atom stereocenters. The highest BCUT2D eigenvalue weighted by molar-refractivity contribution is 6.16. The highest BCUT2D eigenvalue weighted by Gasteiger charge is 2.17. The summed E-state index contributed by atoms with van der Waals surface area (Å²) in [6.45, 7) is 6.49. The number of halogens is 1. The van der Waals surface area contributed by atoms with Crippen molar-refractivity contribution in [3.8, 4) is 0 Å². The third-order valence-corrected chi connectivity index (χ3v) is 2.83. The largest absolute Gasteiger partial charge is 0.432 e. The van der Waals surface area contributed by atoms with Gasteiger partial charge in [-0.3, -0.25) is 0 Å². The first-order valence-corrected chi connectivity index (χ1v) is 5.33. The van der Waals surface area contributed by atoms with Crippen molar-refractivity contribution in [3.05, 3.63) is 12.0 Å². The standard InChI is InChI=1S/C10H17ClN2O/c1-7(2)8(3)13(4)10-12-9(5-11)6-14-10/h6-8H,5H2,1-4H3. The Hall–Kier alpha value is -0.700. The van der Waals surface area contributed by atoms with Crippen LogP contribution in [0.3, 0.4) is 0 Å². The Morgan fingerprint density at radius 3 is 2.57 bits per heavy atom. The molecule has 0 radical (unpaired) electrons. The number of hydrogen-bond donors (Lipinski definition) is 0. The Labute approximate surface area is 90.1 Å². The summed E-state index contributed by atoms with van der Waals surface area (Å²) in [6, 6.07) is 1.04. The molecule has 0 amide bonds. The minimum absolute atomic E-state index is 0.396. The maximum atomic E-state index is 5.65. The molecule has 14 heavy (non-hydrogen) atoms. The third kappa shape index (κ3) is 2.41. The molecular formula is C10H17ClN2O. The highest BCUT2D eigenvalue weighted by atomic mass is 35.5. The second-order valence-electron chi connectivity index (χ2n) is 3.85. The lowest BCUT2D eigenvalue weighted by atomic mass is 10.1. The van der Waals surface area contributed by atoms with E-state index >= 15 is 0 Å². The van der Waals surface area contributed by atoms with Gasteiger partial charge in [-0.15, -0.1) is 11.6 Å². The number of alkyl halides is 1. The number of anilines is 1. The van der Waals surface area contributed by atoms with Gasteiger partial charge in [-0.2, -0.15) is 4.98 Å². The van der Waals surface area contributed by atoms with Crippen LogP contribution in [0.15, 0.2) is 10.7 Å². The van der Waals surface area contributed by atoms with Crippen molar-refractivity contribution < 1.29 is 4.42 Å². The fourth-order valence-corrected chi connectivity index (χ4v) is 1.26. The lowest BCUT2D eigenvalue weighted by Gasteiger charge is -2.26. The van der Waals surface area contributed by atoms with Gasteiger partial charge in [0.15, 0.2) is 0 Å². The van der Waals surface area contributed by atoms with Gasteiger partial charge in [0.1, 0.15) is 6.26 Å². The quantitative estimate of drug-likeness (QED) is 0.725. The predicted octanol–water partition coefficient (Wildman–Crippen LogP) is 2.89. The van der Waals surface area contributed by atoms with Gasteiger partial charge in [-0.25, -0.2) is 0 Å². The average Bonchev–Trinajstić information content (AvgIpc) is 2.63. The Balaban J connectivity index is 2.73. The van der Waals surface area contributed by atoms with Crippen LogP contribution in [-0.2, 0) is 5.88 Å². The van der Waals surface area contributed by atoms with E-state index in [-0.39, 0.29) is 0 Å². The zero-order valence-corrected chi connectivity index (χ0v) is 9.88. The SMILES string of the molecule is CC(C)C(C)N(C)c1nc(CCl)co1. The molecule has 0 aliphatic heterocycles. The zero-order chi connectivity index (χ0) is 10.7. The monoisotopic (exact) mass is 216 g/mol. The molecule has 0 saturated heterocycles. The summed E-state index contributed by atoms with van der Waals surface area (Å²) in [4.78, 5) is 6.29. The van der Waals surface area contributed by atoms with E-state index in [2.05, 4.69) is 25.8 Å². The van der Waals surface area contributed by atoms with Crippen molar-refractivity contribution in [2.45, 2.75) is 32.7 Å². The van der Waals surface area contributed by atoms with E-state index in [1.807, 2.05) is 11.9 Å². The summed E-state index contributed by atoms with van der Waals surface area (Å²) >= 11 is 5.65. The van der Waals surface area contributed by atoms with Gasteiger partial charge < -0.3 is 9.32 Å². The highest BCUT2D eigenvalue weighted by Crippen LogP contribution is 2.18. The molecule has 1 aromatic rings. The molecule has 1 rings (SSSR count). The van der Waals surface area contributed by atoms with Crippen LogP contribution < -0.4 is 4.90 Å². The normalized spacial score (nSPS) is 13.3.